The summed E-state index contributed by atoms with van der Waals surface area (Å²) in [5.74, 6) is 0.816. The van der Waals surface area contributed by atoms with E-state index in [1.165, 1.54) is 4.88 Å². The van der Waals surface area contributed by atoms with Crippen molar-refractivity contribution < 1.29 is 4.79 Å². The Bertz CT molecular complexity index is 535. The molecule has 1 aromatic rings. The summed E-state index contributed by atoms with van der Waals surface area (Å²) in [4.78, 5) is 24.2. The summed E-state index contributed by atoms with van der Waals surface area (Å²) in [5.41, 5.74) is 1.11. The van der Waals surface area contributed by atoms with Gasteiger partial charge >= 0.3 is 0 Å². The van der Waals surface area contributed by atoms with Gasteiger partial charge in [0.2, 0.25) is 5.91 Å². The fourth-order valence-corrected chi connectivity index (χ4v) is 3.42. The summed E-state index contributed by atoms with van der Waals surface area (Å²) >= 11 is 1.74. The third kappa shape index (κ3) is 6.54. The molecule has 2 rings (SSSR count). The molecule has 0 spiro atoms. The van der Waals surface area contributed by atoms with E-state index < -0.39 is 0 Å². The summed E-state index contributed by atoms with van der Waals surface area (Å²) < 4.78 is 0. The minimum atomic E-state index is 0. The fraction of sp³-hybridized carbons (Fsp3) is 0.688. The number of aromatic nitrogens is 1. The van der Waals surface area contributed by atoms with Crippen LogP contribution in [0.4, 0.5) is 0 Å². The lowest BCUT2D eigenvalue weighted by Gasteiger charge is -2.15. The SMILES string of the molecule is CCNC(=NCC(=O)N1CCCC1)NCCc1nc(C)c(C)s1.I. The molecule has 1 aromatic heterocycles. The maximum atomic E-state index is 12.0. The van der Waals surface area contributed by atoms with Gasteiger partial charge in [0.05, 0.1) is 10.7 Å². The molecule has 6 nitrogen and oxygen atoms in total. The van der Waals surface area contributed by atoms with Crippen molar-refractivity contribution in [2.24, 2.45) is 4.99 Å². The number of guanidine groups is 1. The quantitative estimate of drug-likeness (QED) is 0.384. The number of hydrogen-bond acceptors (Lipinski definition) is 4. The number of carbonyl (C=O) groups is 1. The number of halogens is 1. The van der Waals surface area contributed by atoms with E-state index in [0.29, 0.717) is 5.96 Å². The molecule has 0 unspecified atom stereocenters. The summed E-state index contributed by atoms with van der Waals surface area (Å²) in [6.07, 6.45) is 3.09. The zero-order chi connectivity index (χ0) is 16.7. The Morgan fingerprint density at radius 2 is 2.00 bits per heavy atom. The Morgan fingerprint density at radius 1 is 1.29 bits per heavy atom. The lowest BCUT2D eigenvalue weighted by atomic mass is 10.4. The highest BCUT2D eigenvalue weighted by atomic mass is 127. The molecule has 1 fully saturated rings. The second kappa shape index (κ2) is 10.9. The monoisotopic (exact) mass is 465 g/mol. The molecule has 1 aliphatic rings. The van der Waals surface area contributed by atoms with Crippen LogP contribution in [0.5, 0.6) is 0 Å². The zero-order valence-corrected chi connectivity index (χ0v) is 17.9. The Kier molecular flexibility index (Phi) is 9.57. The van der Waals surface area contributed by atoms with Gasteiger partial charge in [-0.3, -0.25) is 4.79 Å². The minimum Gasteiger partial charge on any atom is -0.357 e. The first kappa shape index (κ1) is 21.1. The fourth-order valence-electron chi connectivity index (χ4n) is 2.49. The second-order valence-electron chi connectivity index (χ2n) is 5.71. The minimum absolute atomic E-state index is 0. The molecule has 0 saturated carbocycles. The van der Waals surface area contributed by atoms with Gasteiger partial charge in [-0.05, 0) is 33.6 Å². The predicted molar refractivity (Wildman–Crippen MR) is 111 cm³/mol. The van der Waals surface area contributed by atoms with Gasteiger partial charge in [0.15, 0.2) is 5.96 Å². The largest absolute Gasteiger partial charge is 0.357 e. The Hall–Kier alpha value is -0.900. The maximum absolute atomic E-state index is 12.0. The van der Waals surface area contributed by atoms with Crippen molar-refractivity contribution in [2.75, 3.05) is 32.7 Å². The van der Waals surface area contributed by atoms with E-state index in [-0.39, 0.29) is 36.4 Å². The van der Waals surface area contributed by atoms with Gasteiger partial charge in [-0.15, -0.1) is 35.3 Å². The molecule has 0 aliphatic carbocycles. The first-order valence-electron chi connectivity index (χ1n) is 8.33. The summed E-state index contributed by atoms with van der Waals surface area (Å²) in [6.45, 7) is 9.66. The normalized spacial score (nSPS) is 14.5. The predicted octanol–water partition coefficient (Wildman–Crippen LogP) is 2.10. The van der Waals surface area contributed by atoms with Crippen LogP contribution in [0.1, 0.15) is 35.3 Å². The molecule has 2 N–H and O–H groups in total. The number of aryl methyl sites for hydroxylation is 2. The summed E-state index contributed by atoms with van der Waals surface area (Å²) in [6, 6.07) is 0. The van der Waals surface area contributed by atoms with Crippen molar-refractivity contribution in [3.05, 3.63) is 15.6 Å². The number of amides is 1. The highest BCUT2D eigenvalue weighted by molar-refractivity contribution is 14.0. The first-order chi connectivity index (χ1) is 11.1. The van der Waals surface area contributed by atoms with Gasteiger partial charge in [0.25, 0.3) is 0 Å². The molecule has 0 atom stereocenters. The Labute approximate surface area is 165 Å². The first-order valence-corrected chi connectivity index (χ1v) is 9.14. The number of thiazole rings is 1. The molecular formula is C16H28IN5OS. The molecule has 24 heavy (non-hydrogen) atoms. The van der Waals surface area contributed by atoms with Crippen molar-refractivity contribution in [3.63, 3.8) is 0 Å². The van der Waals surface area contributed by atoms with Crippen LogP contribution in [0.25, 0.3) is 0 Å². The third-order valence-corrected chi connectivity index (χ3v) is 5.01. The highest BCUT2D eigenvalue weighted by Crippen LogP contribution is 2.16. The Balaban J connectivity index is 0.00000288. The smallest absolute Gasteiger partial charge is 0.244 e. The van der Waals surface area contributed by atoms with Crippen LogP contribution in [-0.2, 0) is 11.2 Å². The van der Waals surface area contributed by atoms with Gasteiger partial charge in [-0.25, -0.2) is 9.98 Å². The average Bonchev–Trinajstić information content (AvgIpc) is 3.15. The second-order valence-corrected chi connectivity index (χ2v) is 7.00. The molecule has 2 heterocycles. The average molecular weight is 465 g/mol. The molecule has 1 aliphatic heterocycles. The lowest BCUT2D eigenvalue weighted by Crippen LogP contribution is -2.39. The molecule has 0 aromatic carbocycles. The van der Waals surface area contributed by atoms with E-state index in [1.54, 1.807) is 11.3 Å². The highest BCUT2D eigenvalue weighted by Gasteiger charge is 2.17. The number of carbonyl (C=O) groups excluding carboxylic acids is 1. The van der Waals surface area contributed by atoms with Gasteiger partial charge < -0.3 is 15.5 Å². The molecule has 0 bridgehead atoms. The third-order valence-electron chi connectivity index (χ3n) is 3.88. The standard InChI is InChI=1S/C16H27N5OS.HI/c1-4-17-16(19-11-15(22)21-9-5-6-10-21)18-8-7-14-20-12(2)13(3)23-14;/h4-11H2,1-3H3,(H2,17,18,19);1H. The van der Waals surface area contributed by atoms with Crippen molar-refractivity contribution in [1.29, 1.82) is 0 Å². The molecular weight excluding hydrogens is 437 g/mol. The maximum Gasteiger partial charge on any atom is 0.244 e. The van der Waals surface area contributed by atoms with Gasteiger partial charge in [-0.2, -0.15) is 0 Å². The van der Waals surface area contributed by atoms with Crippen LogP contribution in [0.15, 0.2) is 4.99 Å². The van der Waals surface area contributed by atoms with Crippen LogP contribution < -0.4 is 10.6 Å². The lowest BCUT2D eigenvalue weighted by molar-refractivity contribution is -0.128. The van der Waals surface area contributed by atoms with Crippen molar-refractivity contribution >= 4 is 47.2 Å². The molecule has 0 radical (unpaired) electrons. The molecule has 136 valence electrons. The number of likely N-dealkylation sites (tertiary alicyclic amines) is 1. The van der Waals surface area contributed by atoms with Crippen molar-refractivity contribution in [2.45, 2.75) is 40.0 Å². The van der Waals surface area contributed by atoms with E-state index in [0.717, 1.165) is 56.1 Å². The Morgan fingerprint density at radius 3 is 2.58 bits per heavy atom. The van der Waals surface area contributed by atoms with E-state index >= 15 is 0 Å². The topological polar surface area (TPSA) is 69.6 Å². The van der Waals surface area contributed by atoms with Gasteiger partial charge in [0, 0.05) is 37.5 Å². The van der Waals surface area contributed by atoms with Gasteiger partial charge in [0.1, 0.15) is 6.54 Å². The molecule has 1 saturated heterocycles. The van der Waals surface area contributed by atoms with Crippen molar-refractivity contribution in [3.8, 4) is 0 Å². The summed E-state index contributed by atoms with van der Waals surface area (Å²) in [7, 11) is 0. The number of nitrogens with zero attached hydrogens (tertiary/aromatic N) is 3. The molecule has 1 amide bonds. The van der Waals surface area contributed by atoms with E-state index in [2.05, 4.69) is 27.5 Å². The number of aliphatic imine (C=N–C) groups is 1. The van der Waals surface area contributed by atoms with Crippen LogP contribution in [0.2, 0.25) is 0 Å². The molecule has 8 heteroatoms. The van der Waals surface area contributed by atoms with Crippen molar-refractivity contribution in [1.82, 2.24) is 20.5 Å². The van der Waals surface area contributed by atoms with E-state index in [4.69, 9.17) is 0 Å². The van der Waals surface area contributed by atoms with E-state index in [1.807, 2.05) is 18.7 Å². The summed E-state index contributed by atoms with van der Waals surface area (Å²) in [5, 5.41) is 7.60. The van der Waals surface area contributed by atoms with Crippen LogP contribution in [-0.4, -0.2) is 54.5 Å². The number of rotatable bonds is 6. The van der Waals surface area contributed by atoms with Crippen LogP contribution in [0, 0.1) is 13.8 Å². The number of hydrogen-bond donors (Lipinski definition) is 2. The van der Waals surface area contributed by atoms with Gasteiger partial charge in [-0.1, -0.05) is 0 Å². The van der Waals surface area contributed by atoms with E-state index in [9.17, 15) is 4.79 Å². The van der Waals surface area contributed by atoms with Crippen LogP contribution in [0.3, 0.4) is 0 Å². The number of nitrogens with one attached hydrogen (secondary N) is 2. The van der Waals surface area contributed by atoms with Crippen LogP contribution >= 0.6 is 35.3 Å². The zero-order valence-electron chi connectivity index (χ0n) is 14.7.